The van der Waals surface area contributed by atoms with Gasteiger partial charge < -0.3 is 4.74 Å². The van der Waals surface area contributed by atoms with Crippen molar-refractivity contribution in [2.45, 2.75) is 41.2 Å². The van der Waals surface area contributed by atoms with E-state index < -0.39 is 0 Å². The monoisotopic (exact) mass is 404 g/mol. The second-order valence-corrected chi connectivity index (χ2v) is 7.51. The molecule has 0 atom stereocenters. The van der Waals surface area contributed by atoms with Gasteiger partial charge in [-0.25, -0.2) is 4.68 Å². The first-order chi connectivity index (χ1) is 14.4. The van der Waals surface area contributed by atoms with Crippen LogP contribution in [-0.2, 0) is 6.61 Å². The Morgan fingerprint density at radius 1 is 1.07 bits per heavy atom. The fraction of sp³-hybridized carbons (Fsp3) is 0.261. The third-order valence-corrected chi connectivity index (χ3v) is 5.58. The summed E-state index contributed by atoms with van der Waals surface area (Å²) in [5, 5.41) is 10.7. The molecule has 30 heavy (non-hydrogen) atoms. The van der Waals surface area contributed by atoms with Crippen molar-refractivity contribution in [2.24, 2.45) is 0 Å². The van der Waals surface area contributed by atoms with Crippen molar-refractivity contribution in [3.05, 3.63) is 80.4 Å². The van der Waals surface area contributed by atoms with E-state index in [0.29, 0.717) is 12.2 Å². The molecule has 2 aromatic carbocycles. The summed E-state index contributed by atoms with van der Waals surface area (Å²) in [7, 11) is 0. The van der Waals surface area contributed by atoms with Gasteiger partial charge in [0.15, 0.2) is 5.69 Å². The van der Waals surface area contributed by atoms with Crippen LogP contribution in [0.4, 0.5) is 0 Å². The molecule has 0 amide bonds. The van der Waals surface area contributed by atoms with Gasteiger partial charge in [0.1, 0.15) is 12.4 Å². The average molecular weight is 404 g/mol. The van der Waals surface area contributed by atoms with Crippen molar-refractivity contribution in [1.29, 1.82) is 0 Å². The molecule has 7 heteroatoms. The van der Waals surface area contributed by atoms with Gasteiger partial charge >= 0.3 is 5.56 Å². The molecule has 0 spiro atoms. The predicted molar refractivity (Wildman–Crippen MR) is 114 cm³/mol. The van der Waals surface area contributed by atoms with Crippen LogP contribution in [0.15, 0.2) is 45.8 Å². The lowest BCUT2D eigenvalue weighted by Crippen LogP contribution is -2.07. The summed E-state index contributed by atoms with van der Waals surface area (Å²) in [6, 6.07) is 11.7. The van der Waals surface area contributed by atoms with Gasteiger partial charge in [0.05, 0.1) is 11.4 Å². The van der Waals surface area contributed by atoms with E-state index in [1.807, 2.05) is 55.8 Å². The number of rotatable bonds is 5. The van der Waals surface area contributed by atoms with E-state index in [1.54, 1.807) is 0 Å². The Morgan fingerprint density at radius 2 is 1.87 bits per heavy atom. The van der Waals surface area contributed by atoms with Gasteiger partial charge in [0.25, 0.3) is 0 Å². The van der Waals surface area contributed by atoms with Crippen molar-refractivity contribution in [1.82, 2.24) is 20.1 Å². The average Bonchev–Trinajstić information content (AvgIpc) is 3.26. The molecule has 0 aliphatic heterocycles. The molecule has 0 fully saturated rings. The number of hydrogen-bond acceptors (Lipinski definition) is 5. The topological polar surface area (TPSA) is 85.9 Å². The van der Waals surface area contributed by atoms with Crippen LogP contribution in [-0.4, -0.2) is 20.1 Å². The Kier molecular flexibility index (Phi) is 5.03. The predicted octanol–water partition coefficient (Wildman–Crippen LogP) is 4.34. The number of H-pyrrole nitrogens is 1. The standard InChI is InChI=1S/C23H24N4O3/c1-13-7-6-8-19(22-23(28)26-30-25-22)20(13)12-29-21-10-9-18(11-14(21)2)27-17(5)15(3)16(4)24-27/h6-11H,12H2,1-5H3,(H,26,28). The summed E-state index contributed by atoms with van der Waals surface area (Å²) in [6.45, 7) is 10.5. The second kappa shape index (κ2) is 7.67. The maximum atomic E-state index is 12.0. The maximum absolute atomic E-state index is 12.0. The molecule has 4 aromatic rings. The quantitative estimate of drug-likeness (QED) is 0.535. The van der Waals surface area contributed by atoms with Crippen LogP contribution in [0.2, 0.25) is 0 Å². The van der Waals surface area contributed by atoms with E-state index >= 15 is 0 Å². The largest absolute Gasteiger partial charge is 0.489 e. The molecule has 0 saturated carbocycles. The molecule has 154 valence electrons. The lowest BCUT2D eigenvalue weighted by Gasteiger charge is -2.14. The molecule has 0 saturated heterocycles. The van der Waals surface area contributed by atoms with Crippen LogP contribution in [0.25, 0.3) is 16.9 Å². The number of nitrogens with zero attached hydrogens (tertiary/aromatic N) is 3. The second-order valence-electron chi connectivity index (χ2n) is 7.51. The Hall–Kier alpha value is -3.61. The number of benzene rings is 2. The van der Waals surface area contributed by atoms with Crippen LogP contribution in [0, 0.1) is 34.6 Å². The number of aryl methyl sites for hydroxylation is 3. The minimum Gasteiger partial charge on any atom is -0.489 e. The lowest BCUT2D eigenvalue weighted by molar-refractivity contribution is 0.301. The van der Waals surface area contributed by atoms with Crippen molar-refractivity contribution >= 4 is 0 Å². The van der Waals surface area contributed by atoms with E-state index in [9.17, 15) is 4.79 Å². The zero-order valence-electron chi connectivity index (χ0n) is 17.7. The first-order valence-electron chi connectivity index (χ1n) is 9.76. The van der Waals surface area contributed by atoms with Gasteiger partial charge in [-0.3, -0.25) is 9.42 Å². The highest BCUT2D eigenvalue weighted by Gasteiger charge is 2.16. The molecule has 0 unspecified atom stereocenters. The van der Waals surface area contributed by atoms with Gasteiger partial charge in [0, 0.05) is 16.8 Å². The molecule has 0 bridgehead atoms. The summed E-state index contributed by atoms with van der Waals surface area (Å²) in [4.78, 5) is 12.0. The van der Waals surface area contributed by atoms with Crippen molar-refractivity contribution in [2.75, 3.05) is 0 Å². The minimum absolute atomic E-state index is 0.254. The maximum Gasteiger partial charge on any atom is 0.308 e. The highest BCUT2D eigenvalue weighted by atomic mass is 16.6. The van der Waals surface area contributed by atoms with Crippen molar-refractivity contribution in [3.63, 3.8) is 0 Å². The van der Waals surface area contributed by atoms with Gasteiger partial charge in [0.2, 0.25) is 0 Å². The molecule has 1 N–H and O–H groups in total. The molecule has 0 aliphatic rings. The third-order valence-electron chi connectivity index (χ3n) is 5.58. The van der Waals surface area contributed by atoms with Crippen LogP contribution in [0.1, 0.15) is 33.6 Å². The van der Waals surface area contributed by atoms with Crippen LogP contribution in [0.3, 0.4) is 0 Å². The molecule has 4 rings (SSSR count). The van der Waals surface area contributed by atoms with Crippen LogP contribution < -0.4 is 10.3 Å². The molecular weight excluding hydrogens is 380 g/mol. The Bertz CT molecular complexity index is 1280. The third kappa shape index (κ3) is 3.43. The highest BCUT2D eigenvalue weighted by Crippen LogP contribution is 2.27. The van der Waals surface area contributed by atoms with E-state index in [1.165, 1.54) is 5.56 Å². The first-order valence-corrected chi connectivity index (χ1v) is 9.76. The van der Waals surface area contributed by atoms with E-state index in [4.69, 9.17) is 9.37 Å². The lowest BCUT2D eigenvalue weighted by atomic mass is 10.0. The van der Waals surface area contributed by atoms with Crippen molar-refractivity contribution < 1.29 is 9.37 Å². The Morgan fingerprint density at radius 3 is 2.50 bits per heavy atom. The SMILES string of the molecule is Cc1cc(-n2nc(C)c(C)c2C)ccc1OCc1c(C)cccc1-c1no[nH]c1=O. The number of aromatic amines is 1. The van der Waals surface area contributed by atoms with Gasteiger partial charge in [-0.1, -0.05) is 18.2 Å². The van der Waals surface area contributed by atoms with Crippen LogP contribution in [0.5, 0.6) is 5.75 Å². The molecule has 7 nitrogen and oxygen atoms in total. The normalized spacial score (nSPS) is 11.1. The Labute approximate surface area is 174 Å². The van der Waals surface area contributed by atoms with Crippen molar-refractivity contribution in [3.8, 4) is 22.7 Å². The van der Waals surface area contributed by atoms with Gasteiger partial charge in [-0.2, -0.15) is 10.3 Å². The van der Waals surface area contributed by atoms with Gasteiger partial charge in [-0.05, 0) is 74.7 Å². The first kappa shape index (κ1) is 19.7. The van der Waals surface area contributed by atoms with Crippen LogP contribution >= 0.6 is 0 Å². The zero-order chi connectivity index (χ0) is 21.4. The summed E-state index contributed by atoms with van der Waals surface area (Å²) in [5.41, 5.74) is 7.87. The number of hydrogen-bond donors (Lipinski definition) is 1. The number of aromatic nitrogens is 4. The fourth-order valence-electron chi connectivity index (χ4n) is 3.54. The van der Waals surface area contributed by atoms with E-state index in [0.717, 1.165) is 39.5 Å². The molecule has 2 heterocycles. The summed E-state index contributed by atoms with van der Waals surface area (Å²) in [5.74, 6) is 0.778. The molecular formula is C23H24N4O3. The van der Waals surface area contributed by atoms with E-state index in [2.05, 4.69) is 35.3 Å². The number of ether oxygens (including phenoxy) is 1. The highest BCUT2D eigenvalue weighted by molar-refractivity contribution is 5.64. The Balaban J connectivity index is 1.62. The smallest absolute Gasteiger partial charge is 0.308 e. The molecule has 0 aliphatic carbocycles. The summed E-state index contributed by atoms with van der Waals surface area (Å²) < 4.78 is 12.8. The number of nitrogens with one attached hydrogen (secondary N) is 1. The van der Waals surface area contributed by atoms with Gasteiger partial charge in [-0.15, -0.1) is 0 Å². The minimum atomic E-state index is -0.359. The molecule has 0 radical (unpaired) electrons. The summed E-state index contributed by atoms with van der Waals surface area (Å²) in [6.07, 6.45) is 0. The zero-order valence-corrected chi connectivity index (χ0v) is 17.7. The van der Waals surface area contributed by atoms with E-state index in [-0.39, 0.29) is 11.3 Å². The molecule has 2 aromatic heterocycles. The fourth-order valence-corrected chi connectivity index (χ4v) is 3.54. The summed E-state index contributed by atoms with van der Waals surface area (Å²) >= 11 is 0.